The molecule has 130 valence electrons. The van der Waals surface area contributed by atoms with E-state index in [0.717, 1.165) is 49.4 Å². The maximum Gasteiger partial charge on any atom is 0.252 e. The lowest BCUT2D eigenvalue weighted by Crippen LogP contribution is -2.50. The number of likely N-dealkylation sites (N-methyl/N-ethyl adjacent to an activating group) is 1. The van der Waals surface area contributed by atoms with E-state index < -0.39 is 0 Å². The van der Waals surface area contributed by atoms with Crippen LogP contribution in [0.3, 0.4) is 0 Å². The van der Waals surface area contributed by atoms with Crippen molar-refractivity contribution in [1.82, 2.24) is 15.1 Å². The van der Waals surface area contributed by atoms with Crippen LogP contribution in [0, 0.1) is 0 Å². The first-order valence-corrected chi connectivity index (χ1v) is 9.75. The van der Waals surface area contributed by atoms with E-state index in [1.54, 1.807) is 11.8 Å². The molecule has 2 aliphatic rings. The fraction of sp³-hybridized carbons (Fsp3) is 0.556. The Morgan fingerprint density at radius 1 is 1.17 bits per heavy atom. The van der Waals surface area contributed by atoms with Gasteiger partial charge >= 0.3 is 0 Å². The van der Waals surface area contributed by atoms with Gasteiger partial charge in [-0.1, -0.05) is 12.1 Å². The fourth-order valence-electron chi connectivity index (χ4n) is 3.59. The van der Waals surface area contributed by atoms with Gasteiger partial charge in [0.25, 0.3) is 5.91 Å². The number of carbonyl (C=O) groups is 2. The van der Waals surface area contributed by atoms with Crippen LogP contribution in [-0.4, -0.2) is 66.6 Å². The number of hydrogen-bond acceptors (Lipinski definition) is 4. The van der Waals surface area contributed by atoms with Crippen molar-refractivity contribution in [3.63, 3.8) is 0 Å². The van der Waals surface area contributed by atoms with Gasteiger partial charge in [0.1, 0.15) is 0 Å². The molecule has 1 atom stereocenters. The van der Waals surface area contributed by atoms with Gasteiger partial charge in [-0.25, -0.2) is 0 Å². The van der Waals surface area contributed by atoms with Crippen LogP contribution in [0.15, 0.2) is 29.2 Å². The minimum Gasteiger partial charge on any atom is -0.349 e. The third-order valence-corrected chi connectivity index (χ3v) is 5.85. The summed E-state index contributed by atoms with van der Waals surface area (Å²) in [5.74, 6) is 0.251. The molecule has 6 heteroatoms. The monoisotopic (exact) mass is 347 g/mol. The predicted molar refractivity (Wildman–Crippen MR) is 96.3 cm³/mol. The lowest BCUT2D eigenvalue weighted by molar-refractivity contribution is -0.131. The Hall–Kier alpha value is -1.53. The molecule has 2 fully saturated rings. The third-order valence-electron chi connectivity index (χ3n) is 5.06. The summed E-state index contributed by atoms with van der Waals surface area (Å²) in [5, 5.41) is 3.17. The normalized spacial score (nSPS) is 22.8. The van der Waals surface area contributed by atoms with E-state index in [-0.39, 0.29) is 23.9 Å². The molecule has 0 saturated carbocycles. The Balaban J connectivity index is 1.54. The highest BCUT2D eigenvalue weighted by atomic mass is 32.2. The molecule has 2 heterocycles. The summed E-state index contributed by atoms with van der Waals surface area (Å²) in [6, 6.07) is 7.95. The van der Waals surface area contributed by atoms with Crippen molar-refractivity contribution < 1.29 is 9.59 Å². The Bertz CT molecular complexity index is 614. The number of rotatable bonds is 4. The topological polar surface area (TPSA) is 52.7 Å². The molecule has 0 unspecified atom stereocenters. The molecule has 0 radical (unpaired) electrons. The molecule has 0 bridgehead atoms. The summed E-state index contributed by atoms with van der Waals surface area (Å²) in [5.41, 5.74) is 0.750. The number of hydrogen-bond donors (Lipinski definition) is 1. The van der Waals surface area contributed by atoms with Crippen LogP contribution in [0.4, 0.5) is 0 Å². The minimum absolute atomic E-state index is 0.00933. The Morgan fingerprint density at radius 2 is 1.88 bits per heavy atom. The number of amides is 2. The van der Waals surface area contributed by atoms with Gasteiger partial charge in [0.15, 0.2) is 0 Å². The molecule has 2 saturated heterocycles. The molecule has 24 heavy (non-hydrogen) atoms. The number of piperidine rings is 1. The molecule has 3 rings (SSSR count). The van der Waals surface area contributed by atoms with Gasteiger partial charge in [0, 0.05) is 37.6 Å². The first kappa shape index (κ1) is 17.3. The maximum absolute atomic E-state index is 12.5. The van der Waals surface area contributed by atoms with Crippen LogP contribution in [0.2, 0.25) is 0 Å². The molecule has 0 spiro atoms. The molecule has 1 aromatic rings. The van der Waals surface area contributed by atoms with Crippen LogP contribution < -0.4 is 5.32 Å². The van der Waals surface area contributed by atoms with E-state index in [0.29, 0.717) is 0 Å². The van der Waals surface area contributed by atoms with Crippen molar-refractivity contribution in [2.24, 2.45) is 0 Å². The zero-order chi connectivity index (χ0) is 17.1. The summed E-state index contributed by atoms with van der Waals surface area (Å²) < 4.78 is 0. The second kappa shape index (κ2) is 7.57. The SMILES string of the molecule is CSc1ccccc1C(=O)NC1CCN([C@@H]2CCN(C)C2=O)CC1. The van der Waals surface area contributed by atoms with Crippen LogP contribution in [0.25, 0.3) is 0 Å². The highest BCUT2D eigenvalue weighted by Crippen LogP contribution is 2.22. The molecular weight excluding hydrogens is 322 g/mol. The van der Waals surface area contributed by atoms with Gasteiger partial charge < -0.3 is 10.2 Å². The largest absolute Gasteiger partial charge is 0.349 e. The van der Waals surface area contributed by atoms with Gasteiger partial charge in [-0.05, 0) is 37.7 Å². The van der Waals surface area contributed by atoms with E-state index in [1.807, 2.05) is 42.5 Å². The number of likely N-dealkylation sites (tertiary alicyclic amines) is 2. The Morgan fingerprint density at radius 3 is 2.50 bits per heavy atom. The highest BCUT2D eigenvalue weighted by Gasteiger charge is 2.35. The zero-order valence-corrected chi connectivity index (χ0v) is 15.1. The van der Waals surface area contributed by atoms with E-state index in [4.69, 9.17) is 0 Å². The summed E-state index contributed by atoms with van der Waals surface area (Å²) in [4.78, 5) is 29.8. The first-order valence-electron chi connectivity index (χ1n) is 8.53. The van der Waals surface area contributed by atoms with Crippen molar-refractivity contribution in [3.8, 4) is 0 Å². The maximum atomic E-state index is 12.5. The van der Waals surface area contributed by atoms with E-state index in [1.165, 1.54) is 0 Å². The van der Waals surface area contributed by atoms with Gasteiger partial charge in [0.2, 0.25) is 5.91 Å². The minimum atomic E-state index is 0.00933. The van der Waals surface area contributed by atoms with E-state index in [2.05, 4.69) is 10.2 Å². The zero-order valence-electron chi connectivity index (χ0n) is 14.3. The molecule has 1 N–H and O–H groups in total. The average molecular weight is 347 g/mol. The number of carbonyl (C=O) groups excluding carboxylic acids is 2. The first-order chi connectivity index (χ1) is 11.6. The van der Waals surface area contributed by atoms with Crippen LogP contribution >= 0.6 is 11.8 Å². The van der Waals surface area contributed by atoms with Crippen molar-refractivity contribution in [2.75, 3.05) is 32.9 Å². The molecule has 0 aromatic heterocycles. The van der Waals surface area contributed by atoms with Crippen LogP contribution in [0.5, 0.6) is 0 Å². The predicted octanol–water partition coefficient (Wildman–Crippen LogP) is 1.83. The third kappa shape index (κ3) is 3.59. The Labute approximate surface area is 147 Å². The molecule has 1 aromatic carbocycles. The number of thioether (sulfide) groups is 1. The summed E-state index contributed by atoms with van der Waals surface area (Å²) >= 11 is 1.59. The lowest BCUT2D eigenvalue weighted by Gasteiger charge is -2.35. The van der Waals surface area contributed by atoms with Gasteiger partial charge in [-0.15, -0.1) is 11.8 Å². The van der Waals surface area contributed by atoms with Crippen LogP contribution in [0.1, 0.15) is 29.6 Å². The van der Waals surface area contributed by atoms with Gasteiger partial charge in [0.05, 0.1) is 11.6 Å². The quantitative estimate of drug-likeness (QED) is 0.845. The number of nitrogens with one attached hydrogen (secondary N) is 1. The second-order valence-corrected chi connectivity index (χ2v) is 7.40. The molecule has 2 amide bonds. The summed E-state index contributed by atoms with van der Waals surface area (Å²) in [7, 11) is 1.87. The second-order valence-electron chi connectivity index (χ2n) is 6.55. The molecular formula is C18H25N3O2S. The van der Waals surface area contributed by atoms with Gasteiger partial charge in [-0.3, -0.25) is 14.5 Å². The van der Waals surface area contributed by atoms with Crippen molar-refractivity contribution >= 4 is 23.6 Å². The van der Waals surface area contributed by atoms with Crippen molar-refractivity contribution in [1.29, 1.82) is 0 Å². The highest BCUT2D eigenvalue weighted by molar-refractivity contribution is 7.98. The standard InChI is InChI=1S/C18H25N3O2S/c1-20-10-9-15(18(20)23)21-11-7-13(8-12-21)19-17(22)14-5-3-4-6-16(14)24-2/h3-6,13,15H,7-12H2,1-2H3,(H,19,22)/t15-/m1/s1. The summed E-state index contributed by atoms with van der Waals surface area (Å²) in [6.45, 7) is 2.60. The summed E-state index contributed by atoms with van der Waals surface area (Å²) in [6.07, 6.45) is 4.72. The van der Waals surface area contributed by atoms with E-state index >= 15 is 0 Å². The van der Waals surface area contributed by atoms with Gasteiger partial charge in [-0.2, -0.15) is 0 Å². The number of nitrogens with zero attached hydrogens (tertiary/aromatic N) is 2. The van der Waals surface area contributed by atoms with E-state index in [9.17, 15) is 9.59 Å². The molecule has 5 nitrogen and oxygen atoms in total. The smallest absolute Gasteiger partial charge is 0.252 e. The fourth-order valence-corrected chi connectivity index (χ4v) is 4.19. The average Bonchev–Trinajstić information content (AvgIpc) is 2.95. The molecule has 2 aliphatic heterocycles. The van der Waals surface area contributed by atoms with Crippen molar-refractivity contribution in [2.45, 2.75) is 36.2 Å². The van der Waals surface area contributed by atoms with Crippen molar-refractivity contribution in [3.05, 3.63) is 29.8 Å². The molecule has 0 aliphatic carbocycles. The Kier molecular flexibility index (Phi) is 5.46. The van der Waals surface area contributed by atoms with Crippen LogP contribution in [-0.2, 0) is 4.79 Å². The lowest BCUT2D eigenvalue weighted by atomic mass is 10.0. The number of benzene rings is 1.